The fraction of sp³-hybridized carbons (Fsp3) is 0.259. The van der Waals surface area contributed by atoms with Crippen LogP contribution in [0.15, 0.2) is 65.6 Å². The van der Waals surface area contributed by atoms with Crippen molar-refractivity contribution in [1.82, 2.24) is 4.31 Å². The number of likely N-dealkylation sites (N-methyl/N-ethyl adjacent to an activating group) is 1. The zero-order valence-electron chi connectivity index (χ0n) is 22.4. The molecule has 1 aliphatic heterocycles. The van der Waals surface area contributed by atoms with E-state index in [1.807, 2.05) is 0 Å². The number of hydrogen-bond donors (Lipinski definition) is 1. The molecule has 0 aromatic heterocycles. The van der Waals surface area contributed by atoms with Crippen molar-refractivity contribution in [2.24, 2.45) is 5.14 Å². The molecule has 1 atom stereocenters. The third kappa shape index (κ3) is 7.34. The maximum absolute atomic E-state index is 13.7. The molecule has 0 aliphatic carbocycles. The fourth-order valence-corrected chi connectivity index (χ4v) is 6.50. The van der Waals surface area contributed by atoms with Gasteiger partial charge in [0.2, 0.25) is 0 Å². The van der Waals surface area contributed by atoms with Gasteiger partial charge in [-0.3, -0.25) is 4.31 Å². The van der Waals surface area contributed by atoms with E-state index in [1.165, 1.54) is 35.6 Å². The van der Waals surface area contributed by atoms with Crippen molar-refractivity contribution >= 4 is 56.3 Å². The molecular weight excluding hydrogens is 642 g/mol. The van der Waals surface area contributed by atoms with E-state index in [4.69, 9.17) is 16.7 Å². The summed E-state index contributed by atoms with van der Waals surface area (Å²) in [5.74, 6) is 0. The zero-order valence-corrected chi connectivity index (χ0v) is 24.8. The Morgan fingerprint density at radius 2 is 1.65 bits per heavy atom. The van der Waals surface area contributed by atoms with Crippen LogP contribution in [-0.4, -0.2) is 50.2 Å². The second-order valence-corrected chi connectivity index (χ2v) is 12.9. The Morgan fingerprint density at radius 3 is 2.30 bits per heavy atom. The molecule has 0 amide bonds. The lowest BCUT2D eigenvalue weighted by Gasteiger charge is -2.38. The van der Waals surface area contributed by atoms with E-state index < -0.39 is 49.6 Å². The monoisotopic (exact) mass is 666 g/mol. The number of nitrogens with zero attached hydrogens (tertiary/aromatic N) is 3. The molecule has 3 aromatic rings. The van der Waals surface area contributed by atoms with Gasteiger partial charge in [-0.25, -0.2) is 22.1 Å². The summed E-state index contributed by atoms with van der Waals surface area (Å²) in [6.45, 7) is 0.488. The van der Waals surface area contributed by atoms with Gasteiger partial charge < -0.3 is 4.90 Å². The quantitative estimate of drug-likeness (QED) is 0.235. The van der Waals surface area contributed by atoms with E-state index in [2.05, 4.69) is 0 Å². The molecule has 0 spiro atoms. The molecule has 43 heavy (non-hydrogen) atoms. The van der Waals surface area contributed by atoms with E-state index in [0.29, 0.717) is 17.3 Å². The molecule has 0 saturated heterocycles. The normalized spacial score (nSPS) is 15.3. The van der Waals surface area contributed by atoms with Crippen molar-refractivity contribution in [3.8, 4) is 0 Å². The van der Waals surface area contributed by atoms with Crippen molar-refractivity contribution in [2.45, 2.75) is 17.2 Å². The van der Waals surface area contributed by atoms with E-state index in [9.17, 15) is 39.0 Å². The average molecular weight is 667 g/mol. The minimum atomic E-state index is -4.77. The van der Waals surface area contributed by atoms with E-state index in [-0.39, 0.29) is 42.5 Å². The van der Waals surface area contributed by atoms with Crippen molar-refractivity contribution in [1.29, 1.82) is 0 Å². The van der Waals surface area contributed by atoms with Crippen LogP contribution in [0.25, 0.3) is 12.2 Å². The number of nitrogens with two attached hydrogens (primary N) is 1. The van der Waals surface area contributed by atoms with Crippen molar-refractivity contribution in [3.05, 3.63) is 87.9 Å². The van der Waals surface area contributed by atoms with Gasteiger partial charge >= 0.3 is 12.4 Å². The van der Waals surface area contributed by atoms with E-state index >= 15 is 0 Å². The molecule has 0 bridgehead atoms. The Balaban J connectivity index is 1.79. The summed E-state index contributed by atoms with van der Waals surface area (Å²) in [7, 11) is -2.98. The van der Waals surface area contributed by atoms with Crippen molar-refractivity contribution < 1.29 is 39.0 Å². The van der Waals surface area contributed by atoms with Gasteiger partial charge in [0.25, 0.3) is 10.0 Å². The topological polar surface area (TPSA) is 86.9 Å². The highest BCUT2D eigenvalue weighted by atomic mass is 35.5. The summed E-state index contributed by atoms with van der Waals surface area (Å²) in [4.78, 5) is 1.21. The third-order valence-electron chi connectivity index (χ3n) is 6.72. The minimum Gasteiger partial charge on any atom is -0.367 e. The Hall–Kier alpha value is -3.11. The molecule has 0 radical (unpaired) electrons. The predicted molar refractivity (Wildman–Crippen MR) is 155 cm³/mol. The van der Waals surface area contributed by atoms with Crippen LogP contribution in [0.3, 0.4) is 0 Å². The summed E-state index contributed by atoms with van der Waals surface area (Å²) >= 11 is 4.30. The molecule has 4 rings (SSSR count). The number of sulfonamides is 1. The van der Waals surface area contributed by atoms with Crippen LogP contribution in [0.4, 0.5) is 37.7 Å². The average Bonchev–Trinajstić information content (AvgIpc) is 2.93. The maximum Gasteiger partial charge on any atom is 0.417 e. The summed E-state index contributed by atoms with van der Waals surface area (Å²) in [6, 6.07) is 11.2. The Morgan fingerprint density at radius 1 is 0.953 bits per heavy atom. The van der Waals surface area contributed by atoms with E-state index in [0.717, 1.165) is 34.6 Å². The van der Waals surface area contributed by atoms with Gasteiger partial charge in [-0.2, -0.15) is 26.3 Å². The Kier molecular flexibility index (Phi) is 9.52. The number of rotatable bonds is 8. The van der Waals surface area contributed by atoms with Crippen LogP contribution < -0.4 is 14.3 Å². The first-order chi connectivity index (χ1) is 20.0. The van der Waals surface area contributed by atoms with Crippen molar-refractivity contribution in [3.63, 3.8) is 0 Å². The molecule has 1 heterocycles. The van der Waals surface area contributed by atoms with E-state index in [1.54, 1.807) is 17.0 Å². The molecule has 2 N–H and O–H groups in total. The van der Waals surface area contributed by atoms with Crippen LogP contribution in [0.1, 0.15) is 22.3 Å². The van der Waals surface area contributed by atoms with Crippen LogP contribution in [0.2, 0.25) is 5.02 Å². The smallest absolute Gasteiger partial charge is 0.367 e. The number of alkyl halides is 6. The number of fused-ring (bicyclic) bond motifs is 1. The first kappa shape index (κ1) is 32.8. The molecule has 7 nitrogen and oxygen atoms in total. The molecular formula is C27H25ClF6N4O3S2. The molecule has 1 unspecified atom stereocenters. The second-order valence-electron chi connectivity index (χ2n) is 9.50. The van der Waals surface area contributed by atoms with Gasteiger partial charge in [-0.15, -0.1) is 0 Å². The van der Waals surface area contributed by atoms with Crippen LogP contribution >= 0.6 is 11.6 Å². The lowest BCUT2D eigenvalue weighted by Crippen LogP contribution is -2.46. The molecule has 1 aliphatic rings. The predicted octanol–water partition coefficient (Wildman–Crippen LogP) is 6.03. The standard InChI is InChI=1S/C27H25ClF6N4O3S2/c1-36(42(35)39)12-13-37-14-15-38(43(40,41)20-5-2-4-19(17-20)26(29,30)31)25-16-18(9-11-24(25)37)8-10-21-22(27(32,33)34)6-3-7-23(21)28/h2-11,16-17H,12-15,35H2,1H3/b10-8+. The minimum absolute atomic E-state index is 0.0949. The van der Waals surface area contributed by atoms with Gasteiger partial charge in [-0.1, -0.05) is 42.0 Å². The SMILES string of the molecule is CN(CCN1CCN(S(=O)(=O)c2cccc(C(F)(F)F)c2)c2cc(/C=C/c3c(Cl)cccc3C(F)(F)F)ccc21)S(N)=O. The Bertz CT molecular complexity index is 1670. The first-order valence-corrected chi connectivity index (χ1v) is 15.5. The lowest BCUT2D eigenvalue weighted by molar-refractivity contribution is -0.138. The van der Waals surface area contributed by atoms with Gasteiger partial charge in [0, 0.05) is 37.3 Å². The molecule has 0 fully saturated rings. The van der Waals surface area contributed by atoms with Crippen LogP contribution in [0.5, 0.6) is 0 Å². The summed E-state index contributed by atoms with van der Waals surface area (Å²) in [6.07, 6.45) is -6.97. The highest BCUT2D eigenvalue weighted by Crippen LogP contribution is 2.40. The number of anilines is 2. The van der Waals surface area contributed by atoms with Gasteiger partial charge in [-0.05, 0) is 48.0 Å². The summed E-state index contributed by atoms with van der Waals surface area (Å²) in [5, 5.41) is 5.26. The second kappa shape index (κ2) is 12.5. The number of hydrogen-bond acceptors (Lipinski definition) is 4. The zero-order chi connectivity index (χ0) is 31.7. The fourth-order valence-electron chi connectivity index (χ4n) is 4.49. The Labute approximate surface area is 251 Å². The molecule has 0 saturated carbocycles. The van der Waals surface area contributed by atoms with Crippen molar-refractivity contribution in [2.75, 3.05) is 42.4 Å². The van der Waals surface area contributed by atoms with Crippen LogP contribution in [0, 0.1) is 0 Å². The first-order valence-electron chi connectivity index (χ1n) is 12.5. The lowest BCUT2D eigenvalue weighted by atomic mass is 10.0. The molecule has 3 aromatic carbocycles. The third-order valence-corrected chi connectivity index (χ3v) is 9.66. The molecule has 232 valence electrons. The van der Waals surface area contributed by atoms with Crippen LogP contribution in [-0.2, 0) is 33.5 Å². The number of halogens is 7. The molecule has 16 heteroatoms. The van der Waals surface area contributed by atoms with Gasteiger partial charge in [0.05, 0.1) is 33.9 Å². The summed E-state index contributed by atoms with van der Waals surface area (Å²) in [5.41, 5.74) is -1.60. The van der Waals surface area contributed by atoms with Gasteiger partial charge in [0.15, 0.2) is 11.2 Å². The largest absolute Gasteiger partial charge is 0.417 e. The number of benzene rings is 3. The maximum atomic E-state index is 13.7. The highest BCUT2D eigenvalue weighted by Gasteiger charge is 2.36. The summed E-state index contributed by atoms with van der Waals surface area (Å²) < 4.78 is 122. The van der Waals surface area contributed by atoms with Gasteiger partial charge in [0.1, 0.15) is 0 Å². The highest BCUT2D eigenvalue weighted by molar-refractivity contribution is 7.92.